The van der Waals surface area contributed by atoms with E-state index in [0.29, 0.717) is 19.0 Å². The fraction of sp³-hybridized carbons (Fsp3) is 0.471. The van der Waals surface area contributed by atoms with Gasteiger partial charge in [-0.05, 0) is 29.9 Å². The molecule has 110 valence electrons. The van der Waals surface area contributed by atoms with Crippen LogP contribution in [0.25, 0.3) is 10.9 Å². The molecule has 2 aromatic rings. The molecule has 1 aromatic carbocycles. The van der Waals surface area contributed by atoms with E-state index >= 15 is 0 Å². The van der Waals surface area contributed by atoms with E-state index in [0.717, 1.165) is 25.8 Å². The van der Waals surface area contributed by atoms with Crippen LogP contribution in [0.1, 0.15) is 23.7 Å². The summed E-state index contributed by atoms with van der Waals surface area (Å²) in [6.45, 7) is 4.59. The highest BCUT2D eigenvalue weighted by Crippen LogP contribution is 2.36. The fourth-order valence-corrected chi connectivity index (χ4v) is 4.08. The Balaban J connectivity index is 1.88. The summed E-state index contributed by atoms with van der Waals surface area (Å²) in [6, 6.07) is 6.61. The number of rotatable bonds is 0. The average Bonchev–Trinajstić information content (AvgIpc) is 2.62. The first-order valence-corrected chi connectivity index (χ1v) is 7.75. The number of carbonyl (C=O) groups is 1. The number of nitrogens with zero attached hydrogens (tertiary/aromatic N) is 2. The van der Waals surface area contributed by atoms with E-state index in [1.807, 2.05) is 0 Å². The molecule has 1 unspecified atom stereocenters. The van der Waals surface area contributed by atoms with Crippen molar-refractivity contribution in [1.29, 1.82) is 0 Å². The first-order chi connectivity index (χ1) is 10.1. The molecule has 1 N–H and O–H groups in total. The fourth-order valence-electron chi connectivity index (χ4n) is 4.08. The van der Waals surface area contributed by atoms with Gasteiger partial charge in [0, 0.05) is 37.1 Å². The van der Waals surface area contributed by atoms with Crippen LogP contribution in [0.15, 0.2) is 18.2 Å². The van der Waals surface area contributed by atoms with Gasteiger partial charge in [-0.25, -0.2) is 4.79 Å². The van der Waals surface area contributed by atoms with Crippen molar-refractivity contribution in [2.45, 2.75) is 32.7 Å². The van der Waals surface area contributed by atoms with Gasteiger partial charge >= 0.3 is 6.09 Å². The van der Waals surface area contributed by atoms with Gasteiger partial charge in [-0.15, -0.1) is 0 Å². The lowest BCUT2D eigenvalue weighted by atomic mass is 9.95. The molecule has 1 aromatic heterocycles. The van der Waals surface area contributed by atoms with Gasteiger partial charge < -0.3 is 14.6 Å². The van der Waals surface area contributed by atoms with Crippen molar-refractivity contribution < 1.29 is 9.90 Å². The van der Waals surface area contributed by atoms with E-state index in [2.05, 4.69) is 29.7 Å². The molecule has 2 aliphatic rings. The molecule has 3 heterocycles. The topological polar surface area (TPSA) is 45.5 Å². The summed E-state index contributed by atoms with van der Waals surface area (Å²) < 4.78 is 2.47. The Bertz CT molecular complexity index is 732. The number of para-hydroxylation sites is 1. The zero-order valence-corrected chi connectivity index (χ0v) is 12.3. The van der Waals surface area contributed by atoms with Crippen LogP contribution >= 0.6 is 0 Å². The Morgan fingerprint density at radius 2 is 2.10 bits per heavy atom. The van der Waals surface area contributed by atoms with Gasteiger partial charge in [-0.3, -0.25) is 0 Å². The number of fused-ring (bicyclic) bond motifs is 3. The summed E-state index contributed by atoms with van der Waals surface area (Å²) in [5.74, 6) is 0.651. The maximum absolute atomic E-state index is 11.2. The SMILES string of the molecule is CC1Cc2cccc3c4c(n(c23)C1)CCN(C(=O)O)CC4. The van der Waals surface area contributed by atoms with E-state index in [-0.39, 0.29) is 0 Å². The van der Waals surface area contributed by atoms with Gasteiger partial charge in [0.2, 0.25) is 0 Å². The molecular formula is C17H20N2O2. The number of hydrogen-bond donors (Lipinski definition) is 1. The standard InChI is InChI=1S/C17H20N2O2/c1-11-9-12-3-2-4-14-13-5-7-18(17(20)21)8-6-15(13)19(10-11)16(12)14/h2-4,11H,5-10H2,1H3,(H,20,21). The Morgan fingerprint density at radius 1 is 1.29 bits per heavy atom. The summed E-state index contributed by atoms with van der Waals surface area (Å²) >= 11 is 0. The maximum Gasteiger partial charge on any atom is 0.407 e. The van der Waals surface area contributed by atoms with Gasteiger partial charge in [0.1, 0.15) is 0 Å². The van der Waals surface area contributed by atoms with Crippen molar-refractivity contribution in [2.75, 3.05) is 13.1 Å². The third-order valence-electron chi connectivity index (χ3n) is 4.97. The highest BCUT2D eigenvalue weighted by molar-refractivity contribution is 5.89. The minimum atomic E-state index is -0.794. The van der Waals surface area contributed by atoms with Crippen molar-refractivity contribution >= 4 is 17.0 Å². The van der Waals surface area contributed by atoms with Crippen LogP contribution < -0.4 is 0 Å². The van der Waals surface area contributed by atoms with Gasteiger partial charge in [0.05, 0.1) is 5.52 Å². The molecule has 2 aliphatic heterocycles. The molecule has 0 fully saturated rings. The van der Waals surface area contributed by atoms with Crippen molar-refractivity contribution in [1.82, 2.24) is 9.47 Å². The number of carboxylic acid groups (broad SMARTS) is 1. The second kappa shape index (κ2) is 4.52. The molecule has 1 atom stereocenters. The molecule has 0 aliphatic carbocycles. The number of amides is 1. The van der Waals surface area contributed by atoms with Crippen LogP contribution in [-0.2, 0) is 25.8 Å². The van der Waals surface area contributed by atoms with Crippen molar-refractivity contribution in [3.8, 4) is 0 Å². The first kappa shape index (κ1) is 12.7. The van der Waals surface area contributed by atoms with Crippen LogP contribution in [0.5, 0.6) is 0 Å². The predicted octanol–water partition coefficient (Wildman–Crippen LogP) is 2.91. The second-order valence-corrected chi connectivity index (χ2v) is 6.43. The zero-order valence-electron chi connectivity index (χ0n) is 12.3. The van der Waals surface area contributed by atoms with E-state index in [1.54, 1.807) is 4.90 Å². The maximum atomic E-state index is 11.2. The zero-order chi connectivity index (χ0) is 14.6. The van der Waals surface area contributed by atoms with Gasteiger partial charge in [0.15, 0.2) is 0 Å². The highest BCUT2D eigenvalue weighted by atomic mass is 16.4. The molecule has 0 bridgehead atoms. The Kier molecular flexibility index (Phi) is 2.74. The molecule has 21 heavy (non-hydrogen) atoms. The van der Waals surface area contributed by atoms with Crippen LogP contribution in [-0.4, -0.2) is 33.8 Å². The molecule has 4 rings (SSSR count). The lowest BCUT2D eigenvalue weighted by Gasteiger charge is -2.24. The predicted molar refractivity (Wildman–Crippen MR) is 81.8 cm³/mol. The van der Waals surface area contributed by atoms with Gasteiger partial charge in [0.25, 0.3) is 0 Å². The van der Waals surface area contributed by atoms with Crippen LogP contribution in [0.4, 0.5) is 4.79 Å². The summed E-state index contributed by atoms with van der Waals surface area (Å²) in [7, 11) is 0. The molecule has 1 amide bonds. The minimum absolute atomic E-state index is 0.612. The third kappa shape index (κ3) is 1.85. The molecular weight excluding hydrogens is 264 g/mol. The Morgan fingerprint density at radius 3 is 2.90 bits per heavy atom. The van der Waals surface area contributed by atoms with E-state index in [1.165, 1.54) is 27.7 Å². The molecule has 0 saturated carbocycles. The van der Waals surface area contributed by atoms with Crippen molar-refractivity contribution in [3.05, 3.63) is 35.0 Å². The Hall–Kier alpha value is -1.97. The molecule has 4 heteroatoms. The Labute approximate surface area is 124 Å². The molecule has 0 spiro atoms. The molecule has 0 saturated heterocycles. The van der Waals surface area contributed by atoms with E-state index < -0.39 is 6.09 Å². The normalized spacial score (nSPS) is 21.2. The summed E-state index contributed by atoms with van der Waals surface area (Å²) in [5, 5.41) is 10.6. The summed E-state index contributed by atoms with van der Waals surface area (Å²) in [5.41, 5.74) is 5.61. The molecule has 0 radical (unpaired) electrons. The monoisotopic (exact) mass is 284 g/mol. The summed E-state index contributed by atoms with van der Waals surface area (Å²) in [4.78, 5) is 12.8. The van der Waals surface area contributed by atoms with Crippen LogP contribution in [0.2, 0.25) is 0 Å². The number of hydrogen-bond acceptors (Lipinski definition) is 1. The van der Waals surface area contributed by atoms with Crippen molar-refractivity contribution in [2.24, 2.45) is 5.92 Å². The van der Waals surface area contributed by atoms with Crippen LogP contribution in [0.3, 0.4) is 0 Å². The summed E-state index contributed by atoms with van der Waals surface area (Å²) in [6.07, 6.45) is 2.03. The highest BCUT2D eigenvalue weighted by Gasteiger charge is 2.27. The number of benzene rings is 1. The van der Waals surface area contributed by atoms with Crippen molar-refractivity contribution in [3.63, 3.8) is 0 Å². The van der Waals surface area contributed by atoms with Gasteiger partial charge in [-0.2, -0.15) is 0 Å². The lowest BCUT2D eigenvalue weighted by molar-refractivity contribution is 0.147. The lowest BCUT2D eigenvalue weighted by Crippen LogP contribution is -2.32. The smallest absolute Gasteiger partial charge is 0.407 e. The molecule has 4 nitrogen and oxygen atoms in total. The second-order valence-electron chi connectivity index (χ2n) is 6.43. The van der Waals surface area contributed by atoms with Crippen LogP contribution in [0, 0.1) is 5.92 Å². The largest absolute Gasteiger partial charge is 0.465 e. The average molecular weight is 284 g/mol. The minimum Gasteiger partial charge on any atom is -0.465 e. The van der Waals surface area contributed by atoms with Gasteiger partial charge in [-0.1, -0.05) is 25.1 Å². The first-order valence-electron chi connectivity index (χ1n) is 7.75. The number of aromatic nitrogens is 1. The third-order valence-corrected chi connectivity index (χ3v) is 4.97. The van der Waals surface area contributed by atoms with E-state index in [9.17, 15) is 9.90 Å². The van der Waals surface area contributed by atoms with E-state index in [4.69, 9.17) is 0 Å². The quantitative estimate of drug-likeness (QED) is 0.808.